The van der Waals surface area contributed by atoms with Crippen LogP contribution in [0.2, 0.25) is 0 Å². The van der Waals surface area contributed by atoms with E-state index in [9.17, 15) is 33.6 Å². The summed E-state index contributed by atoms with van der Waals surface area (Å²) in [6, 6.07) is -0.676. The molecule has 0 radical (unpaired) electrons. The second-order valence-electron chi connectivity index (χ2n) is 12.7. The van der Waals surface area contributed by atoms with E-state index in [0.717, 1.165) is 17.1 Å². The predicted octanol–water partition coefficient (Wildman–Crippen LogP) is -0.0617. The van der Waals surface area contributed by atoms with Crippen molar-refractivity contribution in [3.63, 3.8) is 0 Å². The largest absolute Gasteiger partial charge is 0.379 e. The van der Waals surface area contributed by atoms with Crippen LogP contribution in [0.1, 0.15) is 71.1 Å². The number of nitrogens with zero attached hydrogens (tertiary/aromatic N) is 1. The third-order valence-electron chi connectivity index (χ3n) is 8.17. The van der Waals surface area contributed by atoms with Gasteiger partial charge in [-0.05, 0) is 25.7 Å². The van der Waals surface area contributed by atoms with Gasteiger partial charge in [-0.1, -0.05) is 6.92 Å². The normalized spacial score (nSPS) is 12.9. The molecule has 0 fully saturated rings. The van der Waals surface area contributed by atoms with Crippen molar-refractivity contribution in [3.05, 3.63) is 12.2 Å². The molecule has 5 amide bonds. The first-order valence-electron chi connectivity index (χ1n) is 19.8. The van der Waals surface area contributed by atoms with Crippen LogP contribution in [0, 0.1) is 0 Å². The molecule has 0 spiro atoms. The zero-order chi connectivity index (χ0) is 41.8. The van der Waals surface area contributed by atoms with E-state index in [1.54, 1.807) is 7.05 Å². The summed E-state index contributed by atoms with van der Waals surface area (Å²) in [5.41, 5.74) is 2.54. The number of ether oxygens (including phenoxy) is 6. The number of imide groups is 1. The van der Waals surface area contributed by atoms with E-state index in [1.807, 2.05) is 6.92 Å². The topological polar surface area (TPSA) is 235 Å². The van der Waals surface area contributed by atoms with Crippen molar-refractivity contribution in [2.45, 2.75) is 77.2 Å². The molecular weight excluding hydrogens is 750 g/mol. The number of hydrogen-bond donors (Lipinski definition) is 4. The van der Waals surface area contributed by atoms with E-state index < -0.39 is 17.9 Å². The van der Waals surface area contributed by atoms with E-state index in [0.29, 0.717) is 111 Å². The fraction of sp³-hybridized carbons (Fsp3) is 0.763. The Labute approximate surface area is 335 Å². The molecule has 1 unspecified atom stereocenters. The Morgan fingerprint density at radius 3 is 1.74 bits per heavy atom. The molecule has 1 aliphatic heterocycles. The molecule has 1 heterocycles. The van der Waals surface area contributed by atoms with Gasteiger partial charge < -0.3 is 44.4 Å². The van der Waals surface area contributed by atoms with Gasteiger partial charge in [0.2, 0.25) is 17.7 Å². The molecule has 19 nitrogen and oxygen atoms in total. The minimum Gasteiger partial charge on any atom is -0.379 e. The zero-order valence-electron chi connectivity index (χ0n) is 33.8. The summed E-state index contributed by atoms with van der Waals surface area (Å²) in [5, 5.41) is 8.29. The first-order chi connectivity index (χ1) is 27.7. The Morgan fingerprint density at radius 2 is 1.11 bits per heavy atom. The lowest BCUT2D eigenvalue weighted by molar-refractivity contribution is -0.137. The van der Waals surface area contributed by atoms with Crippen molar-refractivity contribution in [1.82, 2.24) is 26.3 Å². The van der Waals surface area contributed by atoms with Gasteiger partial charge in [0, 0.05) is 84.0 Å². The zero-order valence-corrected chi connectivity index (χ0v) is 33.8. The average molecular weight is 816 g/mol. The number of nitrogens with one attached hydrogen (secondary N) is 4. The average Bonchev–Trinajstić information content (AvgIpc) is 3.52. The quantitative estimate of drug-likeness (QED) is 0.0360. The van der Waals surface area contributed by atoms with Crippen LogP contribution in [-0.2, 0) is 66.8 Å². The van der Waals surface area contributed by atoms with Gasteiger partial charge in [-0.3, -0.25) is 43.3 Å². The van der Waals surface area contributed by atoms with Crippen LogP contribution in [0.25, 0.3) is 0 Å². The van der Waals surface area contributed by atoms with Gasteiger partial charge >= 0.3 is 0 Å². The Morgan fingerprint density at radius 1 is 0.579 bits per heavy atom. The Kier molecular flexibility index (Phi) is 31.9. The third-order valence-corrected chi connectivity index (χ3v) is 8.17. The number of carbonyl (C=O) groups excluding carboxylic acids is 7. The van der Waals surface area contributed by atoms with E-state index >= 15 is 0 Å². The fourth-order valence-corrected chi connectivity index (χ4v) is 4.97. The van der Waals surface area contributed by atoms with Crippen molar-refractivity contribution < 1.29 is 66.8 Å². The second-order valence-corrected chi connectivity index (χ2v) is 12.7. The highest BCUT2D eigenvalue weighted by Gasteiger charge is 2.23. The van der Waals surface area contributed by atoms with Crippen molar-refractivity contribution >= 4 is 41.1 Å². The summed E-state index contributed by atoms with van der Waals surface area (Å²) in [6.45, 7) is 6.81. The van der Waals surface area contributed by atoms with Crippen LogP contribution >= 0.6 is 0 Å². The van der Waals surface area contributed by atoms with Gasteiger partial charge in [0.25, 0.3) is 11.8 Å². The molecular formula is C38H65N5O14. The number of carbonyl (C=O) groups is 7. The Hall–Kier alpha value is -3.69. The van der Waals surface area contributed by atoms with Crippen LogP contribution in [-0.4, -0.2) is 165 Å². The molecule has 19 heteroatoms. The van der Waals surface area contributed by atoms with Crippen molar-refractivity contribution in [2.75, 3.05) is 113 Å². The maximum atomic E-state index is 13.1. The third kappa shape index (κ3) is 29.2. The molecule has 1 rings (SSSR count). The van der Waals surface area contributed by atoms with E-state index in [4.69, 9.17) is 33.3 Å². The lowest BCUT2D eigenvalue weighted by Crippen LogP contribution is -2.41. The Balaban J connectivity index is 2.21. The van der Waals surface area contributed by atoms with Gasteiger partial charge in [-0.25, -0.2) is 5.48 Å². The van der Waals surface area contributed by atoms with Crippen LogP contribution in [0.15, 0.2) is 12.2 Å². The molecule has 1 aliphatic rings. The SMILES string of the molecule is CCC(=O)CCOCCOCCOCCOCCCC(=O)C(CCCCNC(=O)CCOCCNC(=O)CCN1C(=O)C=CC1=O)NC(=O)CCOCCONC. The van der Waals surface area contributed by atoms with E-state index in [2.05, 4.69) is 21.4 Å². The monoisotopic (exact) mass is 815 g/mol. The van der Waals surface area contributed by atoms with Crippen LogP contribution in [0.5, 0.6) is 0 Å². The molecule has 326 valence electrons. The number of Topliss-reactive ketones (excluding diaryl/α,β-unsaturated/α-hetero) is 2. The number of ketones is 2. The van der Waals surface area contributed by atoms with Crippen LogP contribution < -0.4 is 21.4 Å². The number of hydroxylamine groups is 1. The summed E-state index contributed by atoms with van der Waals surface area (Å²) in [5.74, 6) is -1.62. The smallest absolute Gasteiger partial charge is 0.253 e. The number of unbranched alkanes of at least 4 members (excludes halogenated alkanes) is 1. The summed E-state index contributed by atoms with van der Waals surface area (Å²) in [7, 11) is 1.64. The summed E-state index contributed by atoms with van der Waals surface area (Å²) in [4.78, 5) is 90.1. The van der Waals surface area contributed by atoms with Gasteiger partial charge in [0.05, 0.1) is 85.3 Å². The maximum Gasteiger partial charge on any atom is 0.253 e. The van der Waals surface area contributed by atoms with Gasteiger partial charge in [-0.2, -0.15) is 0 Å². The maximum absolute atomic E-state index is 13.1. The molecule has 0 aromatic rings. The molecule has 0 saturated heterocycles. The highest BCUT2D eigenvalue weighted by Crippen LogP contribution is 2.08. The number of hydrogen-bond acceptors (Lipinski definition) is 15. The molecule has 1 atom stereocenters. The van der Waals surface area contributed by atoms with Crippen molar-refractivity contribution in [3.8, 4) is 0 Å². The lowest BCUT2D eigenvalue weighted by atomic mass is 10.0. The molecule has 4 N–H and O–H groups in total. The first kappa shape index (κ1) is 51.3. The molecule has 0 saturated carbocycles. The lowest BCUT2D eigenvalue weighted by Gasteiger charge is -2.18. The van der Waals surface area contributed by atoms with Crippen molar-refractivity contribution in [1.29, 1.82) is 0 Å². The molecule has 57 heavy (non-hydrogen) atoms. The minimum atomic E-state index is -0.676. The summed E-state index contributed by atoms with van der Waals surface area (Å²) < 4.78 is 32.7. The van der Waals surface area contributed by atoms with Gasteiger partial charge in [0.15, 0.2) is 5.78 Å². The van der Waals surface area contributed by atoms with Crippen molar-refractivity contribution in [2.24, 2.45) is 0 Å². The molecule has 0 aliphatic carbocycles. The fourth-order valence-electron chi connectivity index (χ4n) is 4.97. The Bertz CT molecular complexity index is 1190. The minimum absolute atomic E-state index is 0.00224. The van der Waals surface area contributed by atoms with E-state index in [-0.39, 0.29) is 87.9 Å². The van der Waals surface area contributed by atoms with Gasteiger partial charge in [-0.15, -0.1) is 0 Å². The summed E-state index contributed by atoms with van der Waals surface area (Å²) >= 11 is 0. The number of amides is 5. The first-order valence-corrected chi connectivity index (χ1v) is 19.8. The van der Waals surface area contributed by atoms with Crippen LogP contribution in [0.4, 0.5) is 0 Å². The van der Waals surface area contributed by atoms with Crippen LogP contribution in [0.3, 0.4) is 0 Å². The van der Waals surface area contributed by atoms with E-state index in [1.165, 1.54) is 0 Å². The molecule has 0 aromatic heterocycles. The molecule has 0 bridgehead atoms. The highest BCUT2D eigenvalue weighted by atomic mass is 16.7. The standard InChI is InChI=1S/C38H65N5O14/c1-3-31(44)12-19-53-24-26-56-28-27-55-25-23-51-18-6-8-33(45)32(42-36(48)14-21-54-29-30-57-39-2)7-4-5-15-40-35(47)13-20-52-22-16-41-34(46)11-17-43-37(49)9-10-38(43)50/h9-10,32,39H,3-8,11-30H2,1-2H3,(H,40,47)(H,41,46)(H,42,48). The number of rotatable bonds is 40. The highest BCUT2D eigenvalue weighted by molar-refractivity contribution is 6.13. The molecule has 0 aromatic carbocycles. The van der Waals surface area contributed by atoms with Gasteiger partial charge in [0.1, 0.15) is 5.78 Å². The predicted molar refractivity (Wildman–Crippen MR) is 206 cm³/mol. The summed E-state index contributed by atoms with van der Waals surface area (Å²) in [6.07, 6.45) is 5.79. The second kappa shape index (κ2) is 35.5.